The first kappa shape index (κ1) is 24.9. The molecule has 0 fully saturated rings. The average molecular weight is 438 g/mol. The van der Waals surface area contributed by atoms with Crippen molar-refractivity contribution in [1.82, 2.24) is 5.32 Å². The van der Waals surface area contributed by atoms with E-state index in [1.54, 1.807) is 0 Å². The Morgan fingerprint density at radius 1 is 0.906 bits per heavy atom. The number of hydrogen-bond acceptors (Lipinski definition) is 5. The van der Waals surface area contributed by atoms with E-state index in [9.17, 15) is 14.4 Å². The van der Waals surface area contributed by atoms with E-state index in [-0.39, 0.29) is 23.5 Å². The second-order valence-corrected chi connectivity index (χ2v) is 7.86. The molecule has 0 spiro atoms. The van der Waals surface area contributed by atoms with Gasteiger partial charge >= 0.3 is 0 Å². The average Bonchev–Trinajstić information content (AvgIpc) is 2.80. The quantitative estimate of drug-likeness (QED) is 0.274. The molecule has 32 heavy (non-hydrogen) atoms. The molecule has 0 unspecified atom stereocenters. The van der Waals surface area contributed by atoms with Gasteiger partial charge in [0.2, 0.25) is 5.91 Å². The Kier molecular flexibility index (Phi) is 9.67. The largest absolute Gasteiger partial charge is 0.493 e. The Morgan fingerprint density at radius 3 is 1.94 bits per heavy atom. The molecule has 0 radical (unpaired) electrons. The second kappa shape index (κ2) is 12.4. The zero-order valence-electron chi connectivity index (χ0n) is 18.8. The summed E-state index contributed by atoms with van der Waals surface area (Å²) in [7, 11) is 0. The van der Waals surface area contributed by atoms with Crippen LogP contribution in [-0.2, 0) is 19.8 Å². The van der Waals surface area contributed by atoms with Gasteiger partial charge in [0.15, 0.2) is 0 Å². The van der Waals surface area contributed by atoms with Crippen LogP contribution in [0.4, 0.5) is 0 Å². The van der Waals surface area contributed by atoms with Crippen LogP contribution in [0.5, 0.6) is 11.5 Å². The molecule has 0 saturated carbocycles. The van der Waals surface area contributed by atoms with Gasteiger partial charge in [0.25, 0.3) is 0 Å². The number of hydrogen-bond donors (Lipinski definition) is 1. The summed E-state index contributed by atoms with van der Waals surface area (Å²) in [5, 5.41) is 2.58. The monoisotopic (exact) mass is 437 g/mol. The van der Waals surface area contributed by atoms with E-state index in [4.69, 9.17) is 9.47 Å². The van der Waals surface area contributed by atoms with E-state index in [1.807, 2.05) is 48.5 Å². The Balaban J connectivity index is 1.85. The number of carbonyl (C=O) groups is 3. The molecule has 1 N–H and O–H groups in total. The highest BCUT2D eigenvalue weighted by Gasteiger charge is 2.23. The van der Waals surface area contributed by atoms with Crippen molar-refractivity contribution >= 4 is 18.0 Å². The van der Waals surface area contributed by atoms with Gasteiger partial charge in [-0.2, -0.15) is 0 Å². The van der Waals surface area contributed by atoms with Gasteiger partial charge in [0, 0.05) is 31.2 Å². The van der Waals surface area contributed by atoms with Crippen molar-refractivity contribution in [2.24, 2.45) is 0 Å². The van der Waals surface area contributed by atoms with Crippen LogP contribution in [-0.4, -0.2) is 37.7 Å². The maximum Gasteiger partial charge on any atom is 0.243 e. The Hall–Kier alpha value is -3.41. The topological polar surface area (TPSA) is 81.7 Å². The van der Waals surface area contributed by atoms with Crippen LogP contribution in [0.3, 0.4) is 0 Å². The van der Waals surface area contributed by atoms with Gasteiger partial charge < -0.3 is 19.6 Å². The number of rotatable bonds is 14. The second-order valence-electron chi connectivity index (χ2n) is 7.86. The summed E-state index contributed by atoms with van der Waals surface area (Å²) in [5.74, 6) is 1.20. The van der Waals surface area contributed by atoms with Crippen molar-refractivity contribution in [3.05, 3.63) is 72.3 Å². The lowest BCUT2D eigenvalue weighted by atomic mass is 9.78. The van der Waals surface area contributed by atoms with E-state index >= 15 is 0 Å². The molecular formula is C26H31NO5. The molecule has 0 aromatic heterocycles. The first-order valence-electron chi connectivity index (χ1n) is 10.7. The number of aldehydes is 1. The molecule has 0 aliphatic rings. The molecule has 2 rings (SSSR count). The summed E-state index contributed by atoms with van der Waals surface area (Å²) >= 11 is 0. The predicted octanol–water partition coefficient (Wildman–Crippen LogP) is 4.01. The third kappa shape index (κ3) is 7.69. The van der Waals surface area contributed by atoms with Crippen molar-refractivity contribution in [1.29, 1.82) is 0 Å². The van der Waals surface area contributed by atoms with Gasteiger partial charge in [0.1, 0.15) is 23.6 Å². The minimum absolute atomic E-state index is 0.0331. The zero-order valence-corrected chi connectivity index (χ0v) is 18.8. The number of benzene rings is 2. The fourth-order valence-corrected chi connectivity index (χ4v) is 3.13. The normalized spacial score (nSPS) is 10.8. The molecule has 6 nitrogen and oxygen atoms in total. The highest BCUT2D eigenvalue weighted by molar-refractivity contribution is 5.87. The molecule has 6 heteroatoms. The van der Waals surface area contributed by atoms with Crippen molar-refractivity contribution < 1.29 is 23.9 Å². The fourth-order valence-electron chi connectivity index (χ4n) is 3.13. The molecule has 0 aliphatic carbocycles. The number of amides is 1. The first-order chi connectivity index (χ1) is 15.4. The van der Waals surface area contributed by atoms with Crippen LogP contribution in [0.25, 0.3) is 0 Å². The number of Topliss-reactive ketones (excluding diaryl/α,β-unsaturated/α-hetero) is 1. The minimum Gasteiger partial charge on any atom is -0.493 e. The van der Waals surface area contributed by atoms with Crippen LogP contribution in [0, 0.1) is 0 Å². The van der Waals surface area contributed by atoms with Gasteiger partial charge in [-0.15, -0.1) is 0 Å². The lowest BCUT2D eigenvalue weighted by Gasteiger charge is -2.26. The molecule has 2 aromatic rings. The Morgan fingerprint density at radius 2 is 1.44 bits per heavy atom. The number of nitrogens with one attached hydrogen (secondary N) is 1. The van der Waals surface area contributed by atoms with E-state index in [0.29, 0.717) is 38.3 Å². The van der Waals surface area contributed by atoms with Crippen LogP contribution in [0.1, 0.15) is 44.2 Å². The molecule has 1 amide bonds. The summed E-state index contributed by atoms with van der Waals surface area (Å²) in [5.41, 5.74) is 2.06. The minimum atomic E-state index is -0.282. The van der Waals surface area contributed by atoms with E-state index in [1.165, 1.54) is 6.08 Å². The number of ketones is 1. The first-order valence-corrected chi connectivity index (χ1v) is 10.7. The molecule has 0 bridgehead atoms. The van der Waals surface area contributed by atoms with Gasteiger partial charge in [-0.1, -0.05) is 44.7 Å². The van der Waals surface area contributed by atoms with Crippen molar-refractivity contribution in [2.45, 2.75) is 38.5 Å². The van der Waals surface area contributed by atoms with E-state index < -0.39 is 0 Å². The van der Waals surface area contributed by atoms with Gasteiger partial charge in [0.05, 0.1) is 13.2 Å². The maximum absolute atomic E-state index is 11.9. The maximum atomic E-state index is 11.9. The summed E-state index contributed by atoms with van der Waals surface area (Å²) in [6.07, 6.45) is 2.97. The van der Waals surface area contributed by atoms with E-state index in [2.05, 4.69) is 25.7 Å². The lowest BCUT2D eigenvalue weighted by Crippen LogP contribution is -2.24. The Labute approximate surface area is 189 Å². The molecule has 170 valence electrons. The molecule has 2 aromatic carbocycles. The summed E-state index contributed by atoms with van der Waals surface area (Å²) in [4.78, 5) is 33.3. The zero-order chi connectivity index (χ0) is 23.4. The summed E-state index contributed by atoms with van der Waals surface area (Å²) in [6.45, 7) is 8.64. The van der Waals surface area contributed by atoms with E-state index in [0.717, 1.165) is 23.2 Å². The third-order valence-corrected chi connectivity index (χ3v) is 5.19. The van der Waals surface area contributed by atoms with Crippen LogP contribution in [0.15, 0.2) is 61.2 Å². The van der Waals surface area contributed by atoms with Crippen LogP contribution < -0.4 is 14.8 Å². The summed E-state index contributed by atoms with van der Waals surface area (Å²) < 4.78 is 11.2. The molecule has 0 atom stereocenters. The Bertz CT molecular complexity index is 901. The highest BCUT2D eigenvalue weighted by atomic mass is 16.5. The number of ether oxygens (including phenoxy) is 2. The lowest BCUT2D eigenvalue weighted by molar-refractivity contribution is -0.119. The number of carbonyl (C=O) groups excluding carboxylic acids is 3. The van der Waals surface area contributed by atoms with Crippen molar-refractivity contribution in [3.8, 4) is 11.5 Å². The highest BCUT2D eigenvalue weighted by Crippen LogP contribution is 2.33. The molecule has 0 saturated heterocycles. The standard InChI is InChI=1S/C26H31NO5/c1-4-25(30)27-16-14-22(29)15-19-32-24-12-8-21(9-13-24)26(2,3)20-6-10-23(11-7-20)31-18-5-17-28/h4,6-13,17H,1,5,14-16,18-19H2,2-3H3,(H,27,30). The predicted molar refractivity (Wildman–Crippen MR) is 124 cm³/mol. The van der Waals surface area contributed by atoms with Gasteiger partial charge in [-0.25, -0.2) is 0 Å². The van der Waals surface area contributed by atoms with Gasteiger partial charge in [-0.05, 0) is 41.5 Å². The molecule has 0 heterocycles. The fraction of sp³-hybridized carbons (Fsp3) is 0.346. The van der Waals surface area contributed by atoms with Crippen LogP contribution in [0.2, 0.25) is 0 Å². The SMILES string of the molecule is C=CC(=O)NCCC(=O)CCOc1ccc(C(C)(C)c2ccc(OCCC=O)cc2)cc1. The van der Waals surface area contributed by atoms with Crippen LogP contribution >= 0.6 is 0 Å². The van der Waals surface area contributed by atoms with Crippen molar-refractivity contribution in [2.75, 3.05) is 19.8 Å². The van der Waals surface area contributed by atoms with Gasteiger partial charge in [-0.3, -0.25) is 9.59 Å². The molecular weight excluding hydrogens is 406 g/mol. The smallest absolute Gasteiger partial charge is 0.243 e. The van der Waals surface area contributed by atoms with Crippen molar-refractivity contribution in [3.63, 3.8) is 0 Å². The summed E-state index contributed by atoms with van der Waals surface area (Å²) in [6, 6.07) is 15.8. The molecule has 0 aliphatic heterocycles. The third-order valence-electron chi connectivity index (χ3n) is 5.19.